The number of primary amides is 1. The number of amides is 4. The maximum Gasteiger partial charge on any atom is 0.303 e. The number of nitrogens with two attached hydrogens (primary N) is 1. The highest BCUT2D eigenvalue weighted by Crippen LogP contribution is 2.12. The highest BCUT2D eigenvalue weighted by atomic mass is 16.5. The van der Waals surface area contributed by atoms with E-state index in [-0.39, 0.29) is 12.7 Å². The number of aliphatic carboxylic acids is 1. The van der Waals surface area contributed by atoms with E-state index >= 15 is 0 Å². The summed E-state index contributed by atoms with van der Waals surface area (Å²) < 4.78 is 5.37. The first kappa shape index (κ1) is 30.9. The summed E-state index contributed by atoms with van der Waals surface area (Å²) in [5.41, 5.74) is 5.14. The summed E-state index contributed by atoms with van der Waals surface area (Å²) in [6.45, 7) is 2.62. The van der Waals surface area contributed by atoms with E-state index in [1.165, 1.54) is 13.8 Å². The SMILES string of the molecule is CC(=O)NC(C=O)C(OC(C)C(=O)NC(C)C(=O)NC(CCC(=O)O)C(N)=O)C(O)C(O)CO. The van der Waals surface area contributed by atoms with Gasteiger partial charge in [-0.3, -0.25) is 24.0 Å². The molecule has 0 rings (SSSR count). The van der Waals surface area contributed by atoms with Crippen LogP contribution in [-0.4, -0.2) is 105 Å². The molecule has 9 N–H and O–H groups in total. The summed E-state index contributed by atoms with van der Waals surface area (Å²) in [5.74, 6) is -4.62. The molecule has 0 aliphatic heterocycles. The number of hydrogen-bond donors (Lipinski definition) is 8. The van der Waals surface area contributed by atoms with Crippen LogP contribution < -0.4 is 21.7 Å². The maximum absolute atomic E-state index is 12.5. The van der Waals surface area contributed by atoms with E-state index in [1.54, 1.807) is 0 Å². The van der Waals surface area contributed by atoms with E-state index in [9.17, 15) is 39.0 Å². The zero-order valence-corrected chi connectivity index (χ0v) is 19.0. The van der Waals surface area contributed by atoms with Crippen LogP contribution in [0.15, 0.2) is 0 Å². The molecule has 0 aromatic rings. The Morgan fingerprint density at radius 1 is 1.03 bits per heavy atom. The van der Waals surface area contributed by atoms with E-state index in [0.29, 0.717) is 0 Å². The topological polar surface area (TPSA) is 255 Å². The maximum atomic E-state index is 12.5. The van der Waals surface area contributed by atoms with Gasteiger partial charge >= 0.3 is 5.97 Å². The first-order chi connectivity index (χ1) is 15.7. The molecule has 0 bridgehead atoms. The minimum atomic E-state index is -1.88. The molecule has 34 heavy (non-hydrogen) atoms. The lowest BCUT2D eigenvalue weighted by Crippen LogP contribution is -2.57. The number of carboxylic acids is 1. The van der Waals surface area contributed by atoms with E-state index in [0.717, 1.165) is 6.92 Å². The predicted molar refractivity (Wildman–Crippen MR) is 113 cm³/mol. The normalized spacial score (nSPS) is 17.1. The van der Waals surface area contributed by atoms with Crippen molar-refractivity contribution in [1.82, 2.24) is 16.0 Å². The van der Waals surface area contributed by atoms with Crippen LogP contribution in [0.5, 0.6) is 0 Å². The molecule has 7 unspecified atom stereocenters. The third-order valence-corrected chi connectivity index (χ3v) is 4.58. The number of ether oxygens (including phenoxy) is 1. The molecule has 4 amide bonds. The third kappa shape index (κ3) is 10.7. The van der Waals surface area contributed by atoms with E-state index in [1.807, 2.05) is 0 Å². The summed E-state index contributed by atoms with van der Waals surface area (Å²) in [6, 6.07) is -4.02. The van der Waals surface area contributed by atoms with Crippen molar-refractivity contribution in [1.29, 1.82) is 0 Å². The van der Waals surface area contributed by atoms with Gasteiger partial charge in [-0.05, 0) is 20.3 Å². The molecule has 15 nitrogen and oxygen atoms in total. The van der Waals surface area contributed by atoms with Crippen molar-refractivity contribution in [2.45, 2.75) is 76.2 Å². The smallest absolute Gasteiger partial charge is 0.303 e. The van der Waals surface area contributed by atoms with Gasteiger partial charge in [0.15, 0.2) is 0 Å². The number of rotatable bonds is 16. The molecule has 0 aromatic carbocycles. The Kier molecular flexibility index (Phi) is 13.5. The van der Waals surface area contributed by atoms with E-state index in [2.05, 4.69) is 16.0 Å². The minimum absolute atomic E-state index is 0.209. The second kappa shape index (κ2) is 14.9. The van der Waals surface area contributed by atoms with Crippen LogP contribution in [0.1, 0.15) is 33.6 Å². The van der Waals surface area contributed by atoms with Crippen LogP contribution in [-0.2, 0) is 33.5 Å². The van der Waals surface area contributed by atoms with Gasteiger partial charge in [0, 0.05) is 13.3 Å². The van der Waals surface area contributed by atoms with Gasteiger partial charge in [-0.25, -0.2) is 0 Å². The molecule has 0 aromatic heterocycles. The van der Waals surface area contributed by atoms with Gasteiger partial charge in [0.25, 0.3) is 0 Å². The van der Waals surface area contributed by atoms with Crippen molar-refractivity contribution in [2.75, 3.05) is 6.61 Å². The summed E-state index contributed by atoms with van der Waals surface area (Å²) in [5, 5.41) is 44.3. The van der Waals surface area contributed by atoms with Gasteiger partial charge in [-0.2, -0.15) is 0 Å². The molecular formula is C19H32N4O11. The van der Waals surface area contributed by atoms with Gasteiger partial charge in [0.05, 0.1) is 6.61 Å². The van der Waals surface area contributed by atoms with Crippen molar-refractivity contribution in [3.8, 4) is 0 Å². The average Bonchev–Trinajstić information content (AvgIpc) is 2.76. The molecule has 15 heteroatoms. The number of aliphatic hydroxyl groups excluding tert-OH is 3. The van der Waals surface area contributed by atoms with Gasteiger partial charge < -0.3 is 51.6 Å². The van der Waals surface area contributed by atoms with E-state index in [4.69, 9.17) is 20.7 Å². The van der Waals surface area contributed by atoms with Gasteiger partial charge in [0.2, 0.25) is 23.6 Å². The second-order valence-corrected chi connectivity index (χ2v) is 7.47. The summed E-state index contributed by atoms with van der Waals surface area (Å²) >= 11 is 0. The predicted octanol–water partition coefficient (Wildman–Crippen LogP) is -4.48. The highest BCUT2D eigenvalue weighted by molar-refractivity contribution is 5.92. The van der Waals surface area contributed by atoms with E-state index < -0.39 is 85.2 Å². The van der Waals surface area contributed by atoms with Crippen LogP contribution in [0.2, 0.25) is 0 Å². The molecule has 0 saturated carbocycles. The van der Waals surface area contributed by atoms with Crippen molar-refractivity contribution in [3.63, 3.8) is 0 Å². The molecule has 0 fully saturated rings. The molecule has 0 radical (unpaired) electrons. The van der Waals surface area contributed by atoms with Crippen molar-refractivity contribution in [3.05, 3.63) is 0 Å². The standard InChI is InChI=1S/C19H32N4O11/c1-8(18(32)23-11(17(20)31)4-5-14(28)29)21-19(33)9(2)34-16(15(30)13(27)7-25)12(6-24)22-10(3)26/h6,8-9,11-13,15-16,25,27,30H,4-5,7H2,1-3H3,(H2,20,31)(H,21,33)(H,22,26)(H,23,32)(H,28,29). The second-order valence-electron chi connectivity index (χ2n) is 7.47. The fourth-order valence-corrected chi connectivity index (χ4v) is 2.68. The summed E-state index contributed by atoms with van der Waals surface area (Å²) in [6.07, 6.45) is -7.22. The zero-order chi connectivity index (χ0) is 26.6. The Morgan fingerprint density at radius 3 is 2.06 bits per heavy atom. The Bertz CT molecular complexity index is 748. The molecule has 0 heterocycles. The number of nitrogens with one attached hydrogen (secondary N) is 3. The largest absolute Gasteiger partial charge is 0.481 e. The first-order valence-electron chi connectivity index (χ1n) is 10.2. The Labute approximate surface area is 195 Å². The lowest BCUT2D eigenvalue weighted by atomic mass is 10.0. The van der Waals surface area contributed by atoms with Crippen molar-refractivity contribution in [2.24, 2.45) is 5.73 Å². The fourth-order valence-electron chi connectivity index (χ4n) is 2.68. The zero-order valence-electron chi connectivity index (χ0n) is 19.0. The Hall–Kier alpha value is -3.14. The van der Waals surface area contributed by atoms with Gasteiger partial charge in [-0.1, -0.05) is 0 Å². The van der Waals surface area contributed by atoms with Crippen LogP contribution in [0.4, 0.5) is 0 Å². The van der Waals surface area contributed by atoms with Gasteiger partial charge in [0.1, 0.15) is 48.8 Å². The van der Waals surface area contributed by atoms with Crippen molar-refractivity contribution < 1.29 is 53.9 Å². The average molecular weight is 492 g/mol. The van der Waals surface area contributed by atoms with Crippen LogP contribution >= 0.6 is 0 Å². The van der Waals surface area contributed by atoms with Crippen LogP contribution in [0.25, 0.3) is 0 Å². The fraction of sp³-hybridized carbons (Fsp3) is 0.684. The van der Waals surface area contributed by atoms with Crippen LogP contribution in [0, 0.1) is 0 Å². The lowest BCUT2D eigenvalue weighted by molar-refractivity contribution is -0.157. The van der Waals surface area contributed by atoms with Gasteiger partial charge in [-0.15, -0.1) is 0 Å². The van der Waals surface area contributed by atoms with Crippen molar-refractivity contribution >= 4 is 35.9 Å². The minimum Gasteiger partial charge on any atom is -0.481 e. The number of carboxylic acid groups (broad SMARTS) is 1. The summed E-state index contributed by atoms with van der Waals surface area (Å²) in [4.78, 5) is 69.6. The summed E-state index contributed by atoms with van der Waals surface area (Å²) in [7, 11) is 0. The highest BCUT2D eigenvalue weighted by Gasteiger charge is 2.37. The lowest BCUT2D eigenvalue weighted by Gasteiger charge is -2.32. The molecular weight excluding hydrogens is 460 g/mol. The Morgan fingerprint density at radius 2 is 1.62 bits per heavy atom. The molecule has 7 atom stereocenters. The molecule has 194 valence electrons. The Balaban J connectivity index is 5.28. The molecule has 0 aliphatic rings. The molecule has 0 saturated heterocycles. The number of hydrogen-bond acceptors (Lipinski definition) is 10. The number of carbonyl (C=O) groups is 6. The number of aliphatic hydroxyl groups is 3. The quantitative estimate of drug-likeness (QED) is 0.0953. The monoisotopic (exact) mass is 492 g/mol. The molecule has 0 spiro atoms. The number of carbonyl (C=O) groups excluding carboxylic acids is 5. The third-order valence-electron chi connectivity index (χ3n) is 4.58. The van der Waals surface area contributed by atoms with Crippen LogP contribution in [0.3, 0.4) is 0 Å². The molecule has 0 aliphatic carbocycles. The first-order valence-corrected chi connectivity index (χ1v) is 10.2. The number of aldehydes is 1.